The van der Waals surface area contributed by atoms with Gasteiger partial charge in [0.1, 0.15) is 17.9 Å². The Morgan fingerprint density at radius 2 is 2.16 bits per heavy atom. The molecule has 1 N–H and O–H groups in total. The molecule has 0 aromatic heterocycles. The minimum Gasteiger partial charge on any atom is -0.486 e. The summed E-state index contributed by atoms with van der Waals surface area (Å²) in [5.74, 6) is 0.810. The molecule has 1 aromatic carbocycles. The van der Waals surface area contributed by atoms with E-state index in [1.165, 1.54) is 7.11 Å². The van der Waals surface area contributed by atoms with Crippen molar-refractivity contribution in [2.45, 2.75) is 12.6 Å². The third-order valence-electron chi connectivity index (χ3n) is 4.00. The number of hydrogen-bond acceptors (Lipinski definition) is 6. The van der Waals surface area contributed by atoms with Gasteiger partial charge in [-0.2, -0.15) is 5.10 Å². The third kappa shape index (κ3) is 2.71. The Hall–Kier alpha value is -3.29. The number of H-pyrrole nitrogens is 1. The van der Waals surface area contributed by atoms with Crippen molar-refractivity contribution in [3.63, 3.8) is 0 Å². The fraction of sp³-hybridized carbons (Fsp3) is 0.235. The van der Waals surface area contributed by atoms with Gasteiger partial charge in [-0.05, 0) is 12.1 Å². The minimum absolute atomic E-state index is 0.218. The van der Waals surface area contributed by atoms with Crippen molar-refractivity contribution in [3.05, 3.63) is 52.6 Å². The molecule has 3 aliphatic rings. The molecule has 3 aliphatic heterocycles. The first kappa shape index (κ1) is 15.3. The molecule has 0 fully saturated rings. The van der Waals surface area contributed by atoms with E-state index in [0.29, 0.717) is 35.9 Å². The Kier molecular flexibility index (Phi) is 3.64. The molecule has 0 aliphatic carbocycles. The van der Waals surface area contributed by atoms with Crippen LogP contribution in [0.2, 0.25) is 0 Å². The molecule has 0 bridgehead atoms. The van der Waals surface area contributed by atoms with Crippen LogP contribution < -0.4 is 15.0 Å². The fourth-order valence-corrected chi connectivity index (χ4v) is 2.84. The maximum Gasteiger partial charge on any atom is 0.341 e. The van der Waals surface area contributed by atoms with E-state index in [4.69, 9.17) is 14.2 Å². The summed E-state index contributed by atoms with van der Waals surface area (Å²) in [6.45, 7) is 0.768. The van der Waals surface area contributed by atoms with Gasteiger partial charge in [0.15, 0.2) is 17.6 Å². The highest BCUT2D eigenvalue weighted by atomic mass is 16.6. The largest absolute Gasteiger partial charge is 0.486 e. The van der Waals surface area contributed by atoms with E-state index in [1.54, 1.807) is 17.0 Å². The van der Waals surface area contributed by atoms with Crippen LogP contribution in [-0.2, 0) is 11.3 Å². The number of methoxy groups -OCH3 is 1. The van der Waals surface area contributed by atoms with Crippen LogP contribution in [-0.4, -0.2) is 40.6 Å². The van der Waals surface area contributed by atoms with Gasteiger partial charge < -0.3 is 18.8 Å². The quantitative estimate of drug-likeness (QED) is 0.722. The van der Waals surface area contributed by atoms with E-state index in [1.807, 2.05) is 24.3 Å². The van der Waals surface area contributed by atoms with E-state index >= 15 is 0 Å². The van der Waals surface area contributed by atoms with E-state index in [0.717, 1.165) is 0 Å². The lowest BCUT2D eigenvalue weighted by Crippen LogP contribution is -2.33. The molecule has 0 saturated heterocycles. The summed E-state index contributed by atoms with van der Waals surface area (Å²) in [5.41, 5.74) is 0.468. The highest BCUT2D eigenvalue weighted by molar-refractivity contribution is 5.95. The Morgan fingerprint density at radius 1 is 1.36 bits per heavy atom. The number of carbonyl (C=O) groups is 1. The van der Waals surface area contributed by atoms with Crippen LogP contribution in [0, 0.1) is 0 Å². The summed E-state index contributed by atoms with van der Waals surface area (Å²) in [7, 11) is 1.28. The second kappa shape index (κ2) is 5.97. The lowest BCUT2D eigenvalue weighted by Gasteiger charge is -2.27. The number of rotatable bonds is 3. The average Bonchev–Trinajstić information content (AvgIpc) is 3.01. The number of para-hydroxylation sites is 2. The SMILES string of the molecule is COC(=O)c1cn(CC2COc3ccccc3O2)cc2c(=O)[nH]nc1-2. The van der Waals surface area contributed by atoms with Crippen LogP contribution in [0.4, 0.5) is 0 Å². The molecule has 0 spiro atoms. The molecule has 8 heteroatoms. The average molecular weight is 341 g/mol. The first-order valence-electron chi connectivity index (χ1n) is 7.70. The minimum atomic E-state index is -0.558. The molecule has 25 heavy (non-hydrogen) atoms. The maximum atomic E-state index is 12.0. The van der Waals surface area contributed by atoms with Crippen molar-refractivity contribution in [3.8, 4) is 22.8 Å². The molecule has 0 saturated carbocycles. The standard InChI is InChI=1S/C17H15N3O5/c1-23-17(22)12-8-20(7-11-15(12)18-19-16(11)21)6-10-9-24-13-4-2-3-5-14(13)25-10/h2-5,7-8,10H,6,9H2,1H3,(H,19,21). The number of aromatic amines is 1. The van der Waals surface area contributed by atoms with Crippen molar-refractivity contribution in [2.24, 2.45) is 0 Å². The number of fused-ring (bicyclic) bond motifs is 2. The van der Waals surface area contributed by atoms with Crippen LogP contribution in [0.1, 0.15) is 10.4 Å². The zero-order valence-corrected chi connectivity index (χ0v) is 13.4. The van der Waals surface area contributed by atoms with Crippen LogP contribution >= 0.6 is 0 Å². The van der Waals surface area contributed by atoms with Gasteiger partial charge in [0, 0.05) is 12.4 Å². The molecular formula is C17H15N3O5. The molecule has 0 radical (unpaired) electrons. The third-order valence-corrected chi connectivity index (χ3v) is 4.00. The number of ether oxygens (including phenoxy) is 3. The summed E-state index contributed by atoms with van der Waals surface area (Å²) < 4.78 is 18.1. The van der Waals surface area contributed by atoms with Crippen LogP contribution in [0.25, 0.3) is 11.3 Å². The molecule has 1 aromatic rings. The molecule has 0 amide bonds. The fourth-order valence-electron chi connectivity index (χ4n) is 2.84. The van der Waals surface area contributed by atoms with Crippen LogP contribution in [0.15, 0.2) is 41.5 Å². The van der Waals surface area contributed by atoms with Gasteiger partial charge in [-0.15, -0.1) is 0 Å². The van der Waals surface area contributed by atoms with Crippen LogP contribution in [0.3, 0.4) is 0 Å². The first-order valence-corrected chi connectivity index (χ1v) is 7.70. The van der Waals surface area contributed by atoms with Gasteiger partial charge in [-0.25, -0.2) is 9.89 Å². The van der Waals surface area contributed by atoms with Gasteiger partial charge >= 0.3 is 5.97 Å². The summed E-state index contributed by atoms with van der Waals surface area (Å²) in [6.07, 6.45) is 2.97. The van der Waals surface area contributed by atoms with E-state index in [2.05, 4.69) is 10.2 Å². The molecule has 4 rings (SSSR count). The Morgan fingerprint density at radius 3 is 2.96 bits per heavy atom. The van der Waals surface area contributed by atoms with Crippen LogP contribution in [0.5, 0.6) is 11.5 Å². The number of aromatic nitrogens is 3. The predicted molar refractivity (Wildman–Crippen MR) is 87.2 cm³/mol. The van der Waals surface area contributed by atoms with Crippen molar-refractivity contribution in [1.82, 2.24) is 14.8 Å². The first-order chi connectivity index (χ1) is 12.2. The lowest BCUT2D eigenvalue weighted by molar-refractivity contribution is 0.0597. The number of hydrogen-bond donors (Lipinski definition) is 1. The van der Waals surface area contributed by atoms with Crippen molar-refractivity contribution in [2.75, 3.05) is 13.7 Å². The number of nitrogens with one attached hydrogen (secondary N) is 1. The molecular weight excluding hydrogens is 326 g/mol. The summed E-state index contributed by atoms with van der Waals surface area (Å²) in [6, 6.07) is 7.42. The lowest BCUT2D eigenvalue weighted by atomic mass is 10.1. The van der Waals surface area contributed by atoms with Crippen molar-refractivity contribution in [1.29, 1.82) is 0 Å². The normalized spacial score (nSPS) is 16.0. The van der Waals surface area contributed by atoms with Crippen molar-refractivity contribution < 1.29 is 19.0 Å². The van der Waals surface area contributed by atoms with E-state index in [9.17, 15) is 9.59 Å². The second-order valence-corrected chi connectivity index (χ2v) is 5.67. The number of benzene rings is 1. The highest BCUT2D eigenvalue weighted by Crippen LogP contribution is 2.31. The maximum absolute atomic E-state index is 12.0. The number of carbonyl (C=O) groups excluding carboxylic acids is 1. The molecule has 1 unspecified atom stereocenters. The van der Waals surface area contributed by atoms with Gasteiger partial charge in [0.2, 0.25) is 0 Å². The zero-order chi connectivity index (χ0) is 17.4. The molecule has 1 atom stereocenters. The summed E-state index contributed by atoms with van der Waals surface area (Å²) in [5, 5.41) is 6.25. The monoisotopic (exact) mass is 341 g/mol. The van der Waals surface area contributed by atoms with Gasteiger partial charge in [0.05, 0.1) is 19.2 Å². The zero-order valence-electron chi connectivity index (χ0n) is 13.4. The van der Waals surface area contributed by atoms with E-state index in [-0.39, 0.29) is 17.2 Å². The second-order valence-electron chi connectivity index (χ2n) is 5.67. The Balaban J connectivity index is 1.66. The Labute approximate surface area is 142 Å². The van der Waals surface area contributed by atoms with E-state index < -0.39 is 5.97 Å². The highest BCUT2D eigenvalue weighted by Gasteiger charge is 2.25. The number of esters is 1. The van der Waals surface area contributed by atoms with Gasteiger partial charge in [-0.3, -0.25) is 4.79 Å². The number of pyridine rings is 1. The van der Waals surface area contributed by atoms with Crippen molar-refractivity contribution >= 4 is 5.97 Å². The topological polar surface area (TPSA) is 95.4 Å². The number of nitrogens with zero attached hydrogens (tertiary/aromatic N) is 2. The van der Waals surface area contributed by atoms with Gasteiger partial charge in [0.25, 0.3) is 5.56 Å². The molecule has 3 heterocycles. The predicted octanol–water partition coefficient (Wildman–Crippen LogP) is 1.30. The smallest absolute Gasteiger partial charge is 0.341 e. The summed E-state index contributed by atoms with van der Waals surface area (Å²) in [4.78, 5) is 23.9. The summed E-state index contributed by atoms with van der Waals surface area (Å²) >= 11 is 0. The van der Waals surface area contributed by atoms with Gasteiger partial charge in [-0.1, -0.05) is 12.1 Å². The Bertz CT molecular complexity index is 961. The molecule has 8 nitrogen and oxygen atoms in total. The molecule has 128 valence electrons.